The van der Waals surface area contributed by atoms with Crippen LogP contribution in [-0.4, -0.2) is 11.4 Å². The summed E-state index contributed by atoms with van der Waals surface area (Å²) in [6.45, 7) is 3.47. The van der Waals surface area contributed by atoms with E-state index in [2.05, 4.69) is 33.9 Å². The predicted octanol–water partition coefficient (Wildman–Crippen LogP) is 3.37. The van der Waals surface area contributed by atoms with Crippen LogP contribution in [0.4, 0.5) is 0 Å². The Bertz CT molecular complexity index is 430. The van der Waals surface area contributed by atoms with Gasteiger partial charge >= 0.3 is 0 Å². The minimum absolute atomic E-state index is 1.12. The number of nitrogens with zero attached hydrogens (tertiary/aromatic N) is 1. The quantitative estimate of drug-likeness (QED) is 0.771. The van der Waals surface area contributed by atoms with Crippen LogP contribution >= 0.6 is 22.7 Å². The van der Waals surface area contributed by atoms with Crippen LogP contribution in [0.2, 0.25) is 0 Å². The Morgan fingerprint density at radius 3 is 3.07 bits per heavy atom. The van der Waals surface area contributed by atoms with E-state index in [0.717, 1.165) is 13.1 Å². The summed E-state index contributed by atoms with van der Waals surface area (Å²) in [6.07, 6.45) is 1.23. The highest BCUT2D eigenvalue weighted by atomic mass is 32.1. The molecule has 78 valence electrons. The molecule has 0 bridgehead atoms. The van der Waals surface area contributed by atoms with E-state index in [-0.39, 0.29) is 0 Å². The lowest BCUT2D eigenvalue weighted by Crippen LogP contribution is -2.28. The van der Waals surface area contributed by atoms with Crippen molar-refractivity contribution in [3.63, 3.8) is 0 Å². The van der Waals surface area contributed by atoms with E-state index in [4.69, 9.17) is 0 Å². The maximum absolute atomic E-state index is 2.54. The molecule has 1 nitrogen and oxygen atoms in total. The van der Waals surface area contributed by atoms with Crippen molar-refractivity contribution < 1.29 is 0 Å². The molecule has 0 atom stereocenters. The fourth-order valence-corrected chi connectivity index (χ4v) is 3.70. The molecule has 1 aliphatic heterocycles. The van der Waals surface area contributed by atoms with Gasteiger partial charge in [-0.15, -0.1) is 22.7 Å². The van der Waals surface area contributed by atoms with E-state index in [1.165, 1.54) is 17.8 Å². The molecule has 3 heterocycles. The van der Waals surface area contributed by atoms with Gasteiger partial charge in [-0.2, -0.15) is 0 Å². The Morgan fingerprint density at radius 2 is 2.20 bits per heavy atom. The van der Waals surface area contributed by atoms with Crippen LogP contribution in [-0.2, 0) is 19.5 Å². The van der Waals surface area contributed by atoms with E-state index < -0.39 is 0 Å². The van der Waals surface area contributed by atoms with Crippen molar-refractivity contribution in [3.05, 3.63) is 44.3 Å². The highest BCUT2D eigenvalue weighted by Crippen LogP contribution is 2.25. The molecule has 2 aromatic heterocycles. The summed E-state index contributed by atoms with van der Waals surface area (Å²) >= 11 is 3.77. The molecule has 0 spiro atoms. The van der Waals surface area contributed by atoms with E-state index >= 15 is 0 Å². The number of rotatable bonds is 2. The van der Waals surface area contributed by atoms with Crippen LogP contribution in [0, 0.1) is 0 Å². The molecule has 0 amide bonds. The first-order valence-corrected chi connectivity index (χ1v) is 6.98. The highest BCUT2D eigenvalue weighted by molar-refractivity contribution is 7.10. The van der Waals surface area contributed by atoms with Crippen LogP contribution in [0.15, 0.2) is 29.0 Å². The van der Waals surface area contributed by atoms with Crippen LogP contribution < -0.4 is 0 Å². The number of thiophene rings is 2. The highest BCUT2D eigenvalue weighted by Gasteiger charge is 2.17. The van der Waals surface area contributed by atoms with Gasteiger partial charge in [-0.25, -0.2) is 0 Å². The number of fused-ring (bicyclic) bond motifs is 1. The average Bonchev–Trinajstić information content (AvgIpc) is 2.87. The van der Waals surface area contributed by atoms with Gasteiger partial charge in [-0.3, -0.25) is 4.90 Å². The zero-order valence-corrected chi connectivity index (χ0v) is 10.1. The standard InChI is InChI=1S/C12H13NS2/c1-2-11(14-6-1)9-13-5-3-12-10(8-13)4-7-15-12/h1-2,4,6-7H,3,5,8-9H2. The normalized spacial score (nSPS) is 16.5. The van der Waals surface area contributed by atoms with Crippen LogP contribution in [0.25, 0.3) is 0 Å². The van der Waals surface area contributed by atoms with Crippen LogP contribution in [0.3, 0.4) is 0 Å². The molecule has 0 saturated heterocycles. The summed E-state index contributed by atoms with van der Waals surface area (Å²) in [6, 6.07) is 6.65. The fourth-order valence-electron chi connectivity index (χ4n) is 2.06. The fraction of sp³-hybridized carbons (Fsp3) is 0.333. The summed E-state index contributed by atoms with van der Waals surface area (Å²) < 4.78 is 0. The second-order valence-corrected chi connectivity index (χ2v) is 5.94. The molecule has 15 heavy (non-hydrogen) atoms. The minimum Gasteiger partial charge on any atom is -0.294 e. The summed E-state index contributed by atoms with van der Waals surface area (Å²) in [5, 5.41) is 4.38. The van der Waals surface area contributed by atoms with Gasteiger partial charge in [0.25, 0.3) is 0 Å². The van der Waals surface area contributed by atoms with Crippen molar-refractivity contribution in [2.75, 3.05) is 6.54 Å². The first kappa shape index (κ1) is 9.58. The smallest absolute Gasteiger partial charge is 0.0331 e. The molecule has 0 unspecified atom stereocenters. The lowest BCUT2D eigenvalue weighted by atomic mass is 10.1. The molecule has 3 rings (SSSR count). The van der Waals surface area contributed by atoms with E-state index in [1.807, 2.05) is 22.7 Å². The third-order valence-electron chi connectivity index (χ3n) is 2.85. The Hall–Kier alpha value is -0.640. The molecule has 0 N–H and O–H groups in total. The van der Waals surface area contributed by atoms with E-state index in [1.54, 1.807) is 10.4 Å². The Balaban J connectivity index is 1.71. The maximum Gasteiger partial charge on any atom is 0.0331 e. The molecule has 0 aliphatic carbocycles. The van der Waals surface area contributed by atoms with Crippen LogP contribution in [0.5, 0.6) is 0 Å². The van der Waals surface area contributed by atoms with Gasteiger partial charge in [0.1, 0.15) is 0 Å². The molecular formula is C12H13NS2. The van der Waals surface area contributed by atoms with E-state index in [9.17, 15) is 0 Å². The van der Waals surface area contributed by atoms with Crippen LogP contribution in [0.1, 0.15) is 15.3 Å². The third-order valence-corrected chi connectivity index (χ3v) is 4.73. The molecule has 0 saturated carbocycles. The minimum atomic E-state index is 1.12. The zero-order valence-electron chi connectivity index (χ0n) is 8.48. The summed E-state index contributed by atoms with van der Waals surface area (Å²) in [5.41, 5.74) is 1.54. The van der Waals surface area contributed by atoms with Crippen molar-refractivity contribution in [2.45, 2.75) is 19.5 Å². The van der Waals surface area contributed by atoms with Gasteiger partial charge in [0.15, 0.2) is 0 Å². The Kier molecular flexibility index (Phi) is 2.61. The second-order valence-electron chi connectivity index (χ2n) is 3.91. The van der Waals surface area contributed by atoms with Crippen molar-refractivity contribution in [1.82, 2.24) is 4.90 Å². The predicted molar refractivity (Wildman–Crippen MR) is 66.5 cm³/mol. The number of hydrogen-bond donors (Lipinski definition) is 0. The number of hydrogen-bond acceptors (Lipinski definition) is 3. The third kappa shape index (κ3) is 2.00. The Morgan fingerprint density at radius 1 is 1.20 bits per heavy atom. The molecule has 1 aliphatic rings. The summed E-state index contributed by atoms with van der Waals surface area (Å²) in [4.78, 5) is 5.62. The molecule has 0 aromatic carbocycles. The molecule has 0 fully saturated rings. The summed E-state index contributed by atoms with van der Waals surface area (Å²) in [5.74, 6) is 0. The topological polar surface area (TPSA) is 3.24 Å². The average molecular weight is 235 g/mol. The lowest BCUT2D eigenvalue weighted by Gasteiger charge is -2.26. The van der Waals surface area contributed by atoms with Gasteiger partial charge in [-0.05, 0) is 34.9 Å². The SMILES string of the molecule is c1csc(CN2CCc3sccc3C2)c1. The molecular weight excluding hydrogens is 222 g/mol. The van der Waals surface area contributed by atoms with Crippen molar-refractivity contribution in [3.8, 4) is 0 Å². The van der Waals surface area contributed by atoms with Gasteiger partial charge in [0, 0.05) is 29.4 Å². The van der Waals surface area contributed by atoms with Gasteiger partial charge in [-0.1, -0.05) is 6.07 Å². The van der Waals surface area contributed by atoms with Gasteiger partial charge < -0.3 is 0 Å². The van der Waals surface area contributed by atoms with Crippen molar-refractivity contribution in [2.24, 2.45) is 0 Å². The van der Waals surface area contributed by atoms with Crippen molar-refractivity contribution in [1.29, 1.82) is 0 Å². The monoisotopic (exact) mass is 235 g/mol. The molecule has 0 radical (unpaired) electrons. The largest absolute Gasteiger partial charge is 0.294 e. The van der Waals surface area contributed by atoms with Gasteiger partial charge in [0.2, 0.25) is 0 Å². The van der Waals surface area contributed by atoms with Crippen molar-refractivity contribution >= 4 is 22.7 Å². The molecule has 3 heteroatoms. The maximum atomic E-state index is 2.54. The first-order chi connectivity index (χ1) is 7.42. The lowest BCUT2D eigenvalue weighted by molar-refractivity contribution is 0.249. The van der Waals surface area contributed by atoms with Gasteiger partial charge in [0.05, 0.1) is 0 Å². The molecule has 2 aromatic rings. The Labute approximate surface area is 98.0 Å². The summed E-state index contributed by atoms with van der Waals surface area (Å²) in [7, 11) is 0. The zero-order chi connectivity index (χ0) is 10.1. The first-order valence-electron chi connectivity index (χ1n) is 5.22. The second kappa shape index (κ2) is 4.08. The van der Waals surface area contributed by atoms with E-state index in [0.29, 0.717) is 0 Å².